The van der Waals surface area contributed by atoms with E-state index in [1.54, 1.807) is 0 Å². The Morgan fingerprint density at radius 3 is 2.89 bits per heavy atom. The van der Waals surface area contributed by atoms with Gasteiger partial charge in [0.2, 0.25) is 0 Å². The van der Waals surface area contributed by atoms with Crippen LogP contribution >= 0.6 is 0 Å². The van der Waals surface area contributed by atoms with E-state index in [1.807, 2.05) is 6.92 Å². The second-order valence-electron chi connectivity index (χ2n) is 5.43. The van der Waals surface area contributed by atoms with Crippen molar-refractivity contribution >= 4 is 5.97 Å². The van der Waals surface area contributed by atoms with Crippen LogP contribution in [0.1, 0.15) is 51.9 Å². The van der Waals surface area contributed by atoms with E-state index in [1.165, 1.54) is 32.1 Å². The smallest absolute Gasteiger partial charge is 0.307 e. The number of hydrogen-bond acceptors (Lipinski definition) is 4. The maximum atomic E-state index is 11.1. The highest BCUT2D eigenvalue weighted by atomic mass is 16.5. The topological polar surface area (TPSA) is 47.6 Å². The van der Waals surface area contributed by atoms with Crippen molar-refractivity contribution in [3.8, 4) is 0 Å². The van der Waals surface area contributed by atoms with E-state index in [0.717, 1.165) is 13.0 Å². The van der Waals surface area contributed by atoms with Crippen molar-refractivity contribution in [1.29, 1.82) is 0 Å². The zero-order chi connectivity index (χ0) is 12.8. The normalized spacial score (nSPS) is 25.7. The van der Waals surface area contributed by atoms with E-state index in [9.17, 15) is 4.79 Å². The summed E-state index contributed by atoms with van der Waals surface area (Å²) >= 11 is 0. The van der Waals surface area contributed by atoms with Gasteiger partial charge in [0.1, 0.15) is 0 Å². The van der Waals surface area contributed by atoms with Gasteiger partial charge in [-0.05, 0) is 32.6 Å². The van der Waals surface area contributed by atoms with E-state index in [4.69, 9.17) is 9.47 Å². The number of esters is 1. The van der Waals surface area contributed by atoms with E-state index < -0.39 is 0 Å². The summed E-state index contributed by atoms with van der Waals surface area (Å²) in [5.74, 6) is -0.121. The molecule has 1 heterocycles. The lowest BCUT2D eigenvalue weighted by molar-refractivity contribution is -0.143. The lowest BCUT2D eigenvalue weighted by Gasteiger charge is -2.23. The van der Waals surface area contributed by atoms with E-state index in [2.05, 4.69) is 5.32 Å². The summed E-state index contributed by atoms with van der Waals surface area (Å²) in [7, 11) is 0. The molecule has 0 amide bonds. The molecule has 1 spiro atoms. The third-order valence-electron chi connectivity index (χ3n) is 4.04. The Morgan fingerprint density at radius 2 is 2.17 bits per heavy atom. The Kier molecular flexibility index (Phi) is 5.01. The predicted octanol–water partition coefficient (Wildman–Crippen LogP) is 2.02. The zero-order valence-electron chi connectivity index (χ0n) is 11.4. The summed E-state index contributed by atoms with van der Waals surface area (Å²) in [6.07, 6.45) is 8.30. The van der Waals surface area contributed by atoms with Crippen molar-refractivity contribution in [2.45, 2.75) is 63.6 Å². The molecule has 2 fully saturated rings. The molecule has 18 heavy (non-hydrogen) atoms. The Morgan fingerprint density at radius 1 is 1.39 bits per heavy atom. The van der Waals surface area contributed by atoms with Gasteiger partial charge >= 0.3 is 5.97 Å². The molecule has 1 atom stereocenters. The van der Waals surface area contributed by atoms with Gasteiger partial charge in [-0.2, -0.15) is 0 Å². The molecule has 2 aliphatic rings. The molecule has 1 aliphatic carbocycles. The van der Waals surface area contributed by atoms with E-state index >= 15 is 0 Å². The summed E-state index contributed by atoms with van der Waals surface area (Å²) in [5, 5.41) is 3.30. The van der Waals surface area contributed by atoms with Gasteiger partial charge in [0.05, 0.1) is 24.7 Å². The summed E-state index contributed by atoms with van der Waals surface area (Å²) < 4.78 is 11.1. The summed E-state index contributed by atoms with van der Waals surface area (Å²) in [5.41, 5.74) is 0.216. The van der Waals surface area contributed by atoms with Crippen molar-refractivity contribution in [1.82, 2.24) is 5.32 Å². The minimum atomic E-state index is -0.121. The first-order valence-corrected chi connectivity index (χ1v) is 7.28. The van der Waals surface area contributed by atoms with Crippen LogP contribution in [-0.2, 0) is 14.3 Å². The number of ether oxygens (including phenoxy) is 2. The second-order valence-corrected chi connectivity index (χ2v) is 5.43. The van der Waals surface area contributed by atoms with Crippen molar-refractivity contribution in [3.05, 3.63) is 0 Å². The van der Waals surface area contributed by atoms with Gasteiger partial charge in [-0.3, -0.25) is 4.79 Å². The van der Waals surface area contributed by atoms with Crippen LogP contribution in [0.15, 0.2) is 0 Å². The Bertz CT molecular complexity index is 274. The Balaban J connectivity index is 1.57. The lowest BCUT2D eigenvalue weighted by Crippen LogP contribution is -2.32. The fraction of sp³-hybridized carbons (Fsp3) is 0.929. The number of carbonyl (C=O) groups is 1. The van der Waals surface area contributed by atoms with Crippen LogP contribution in [0.4, 0.5) is 0 Å². The van der Waals surface area contributed by atoms with Crippen molar-refractivity contribution < 1.29 is 14.3 Å². The first kappa shape index (κ1) is 13.8. The van der Waals surface area contributed by atoms with Crippen LogP contribution in [0.3, 0.4) is 0 Å². The Hall–Kier alpha value is -0.610. The molecule has 1 aliphatic heterocycles. The summed E-state index contributed by atoms with van der Waals surface area (Å²) in [4.78, 5) is 11.1. The molecule has 1 saturated heterocycles. The van der Waals surface area contributed by atoms with Gasteiger partial charge in [0.15, 0.2) is 0 Å². The molecule has 0 aromatic rings. The number of nitrogens with one attached hydrogen (secondary N) is 1. The molecule has 2 rings (SSSR count). The number of hydrogen-bond donors (Lipinski definition) is 1. The first-order chi connectivity index (χ1) is 8.74. The largest absolute Gasteiger partial charge is 0.466 e. The first-order valence-electron chi connectivity index (χ1n) is 7.28. The number of carbonyl (C=O) groups excluding carboxylic acids is 1. The number of rotatable bonds is 6. The Labute approximate surface area is 109 Å². The van der Waals surface area contributed by atoms with Crippen LogP contribution in [0.5, 0.6) is 0 Å². The lowest BCUT2D eigenvalue weighted by atomic mass is 9.98. The van der Waals surface area contributed by atoms with Crippen molar-refractivity contribution in [2.75, 3.05) is 19.7 Å². The molecule has 104 valence electrons. The quantitative estimate of drug-likeness (QED) is 0.582. The third-order valence-corrected chi connectivity index (χ3v) is 4.04. The molecular weight excluding hydrogens is 230 g/mol. The average molecular weight is 255 g/mol. The fourth-order valence-electron chi connectivity index (χ4n) is 3.11. The van der Waals surface area contributed by atoms with E-state index in [0.29, 0.717) is 25.7 Å². The predicted molar refractivity (Wildman–Crippen MR) is 69.4 cm³/mol. The van der Waals surface area contributed by atoms with E-state index in [-0.39, 0.29) is 11.6 Å². The van der Waals surface area contributed by atoms with Crippen molar-refractivity contribution in [2.24, 2.45) is 0 Å². The highest BCUT2D eigenvalue weighted by molar-refractivity contribution is 5.69. The van der Waals surface area contributed by atoms with Gasteiger partial charge < -0.3 is 14.8 Å². The molecule has 0 aromatic carbocycles. The maximum absolute atomic E-state index is 11.1. The van der Waals surface area contributed by atoms with Crippen LogP contribution in [0.2, 0.25) is 0 Å². The molecule has 1 unspecified atom stereocenters. The average Bonchev–Trinajstić information content (AvgIpc) is 2.97. The van der Waals surface area contributed by atoms with Gasteiger partial charge in [-0.1, -0.05) is 12.8 Å². The van der Waals surface area contributed by atoms with Crippen LogP contribution < -0.4 is 5.32 Å². The summed E-state index contributed by atoms with van der Waals surface area (Å²) in [6, 6.07) is 0. The molecule has 0 aromatic heterocycles. The standard InChI is InChI=1S/C14H25NO3/c1-2-17-13(16)6-10-15-11-12-5-9-14(18-12)7-3-4-8-14/h12,15H,2-11H2,1H3. The fourth-order valence-corrected chi connectivity index (χ4v) is 3.11. The minimum Gasteiger partial charge on any atom is -0.466 e. The molecule has 4 nitrogen and oxygen atoms in total. The zero-order valence-corrected chi connectivity index (χ0v) is 11.4. The summed E-state index contributed by atoms with van der Waals surface area (Å²) in [6.45, 7) is 3.85. The minimum absolute atomic E-state index is 0.121. The molecule has 0 radical (unpaired) electrons. The van der Waals surface area contributed by atoms with Gasteiger partial charge in [-0.25, -0.2) is 0 Å². The molecule has 1 N–H and O–H groups in total. The van der Waals surface area contributed by atoms with Crippen LogP contribution in [-0.4, -0.2) is 37.4 Å². The molecule has 0 bridgehead atoms. The molecule has 1 saturated carbocycles. The van der Waals surface area contributed by atoms with Crippen LogP contribution in [0.25, 0.3) is 0 Å². The monoisotopic (exact) mass is 255 g/mol. The van der Waals surface area contributed by atoms with Gasteiger partial charge in [0, 0.05) is 13.1 Å². The van der Waals surface area contributed by atoms with Gasteiger partial charge in [0.25, 0.3) is 0 Å². The SMILES string of the molecule is CCOC(=O)CCNCC1CCC2(CCCC2)O1. The third kappa shape index (κ3) is 3.69. The second kappa shape index (κ2) is 6.53. The van der Waals surface area contributed by atoms with Gasteiger partial charge in [-0.15, -0.1) is 0 Å². The van der Waals surface area contributed by atoms with Crippen LogP contribution in [0, 0.1) is 0 Å². The molecule has 4 heteroatoms. The highest BCUT2D eigenvalue weighted by Crippen LogP contribution is 2.43. The highest BCUT2D eigenvalue weighted by Gasteiger charge is 2.41. The maximum Gasteiger partial charge on any atom is 0.307 e. The molecular formula is C14H25NO3. The van der Waals surface area contributed by atoms with Crippen molar-refractivity contribution in [3.63, 3.8) is 0 Å².